The average Bonchev–Trinajstić information content (AvgIpc) is 3.10. The van der Waals surface area contributed by atoms with Gasteiger partial charge in [0.15, 0.2) is 16.6 Å². The van der Waals surface area contributed by atoms with Crippen LogP contribution in [-0.4, -0.2) is 44.7 Å². The van der Waals surface area contributed by atoms with Gasteiger partial charge in [0.2, 0.25) is 5.91 Å². The van der Waals surface area contributed by atoms with Gasteiger partial charge in [-0.25, -0.2) is 4.98 Å². The Morgan fingerprint density at radius 1 is 1.18 bits per heavy atom. The largest absolute Gasteiger partial charge is 0.493 e. The number of thiazole rings is 1. The zero-order valence-corrected chi connectivity index (χ0v) is 16.8. The molecule has 4 rings (SSSR count). The molecule has 2 aromatic carbocycles. The van der Waals surface area contributed by atoms with Crippen molar-refractivity contribution in [2.24, 2.45) is 5.92 Å². The van der Waals surface area contributed by atoms with Crippen LogP contribution in [0, 0.1) is 5.92 Å². The van der Waals surface area contributed by atoms with Gasteiger partial charge in [-0.15, -0.1) is 0 Å². The molecule has 0 atom stereocenters. The van der Waals surface area contributed by atoms with Gasteiger partial charge in [-0.3, -0.25) is 4.79 Å². The van der Waals surface area contributed by atoms with E-state index in [9.17, 15) is 4.79 Å². The van der Waals surface area contributed by atoms with Gasteiger partial charge < -0.3 is 19.7 Å². The molecule has 0 bridgehead atoms. The Morgan fingerprint density at radius 3 is 2.71 bits per heavy atom. The molecular weight excluding hydrogens is 374 g/mol. The standard InChI is InChI=1S/C21H23N3O3S/c1-26-17-8-7-14(11-18(17)27-2)9-10-22-20(25)15-12-24(13-15)21-23-16-5-3-4-6-19(16)28-21/h3-8,11,15H,9-10,12-13H2,1-2H3,(H,22,25). The summed E-state index contributed by atoms with van der Waals surface area (Å²) in [4.78, 5) is 19.2. The van der Waals surface area contributed by atoms with E-state index >= 15 is 0 Å². The molecule has 28 heavy (non-hydrogen) atoms. The first-order valence-electron chi connectivity index (χ1n) is 9.27. The normalized spacial score (nSPS) is 14.0. The van der Waals surface area contributed by atoms with E-state index < -0.39 is 0 Å². The van der Waals surface area contributed by atoms with Crippen molar-refractivity contribution < 1.29 is 14.3 Å². The number of nitrogens with zero attached hydrogens (tertiary/aromatic N) is 2. The molecule has 0 spiro atoms. The number of ether oxygens (including phenoxy) is 2. The van der Waals surface area contributed by atoms with Crippen molar-refractivity contribution in [1.82, 2.24) is 10.3 Å². The second kappa shape index (κ2) is 8.06. The lowest BCUT2D eigenvalue weighted by molar-refractivity contribution is -0.125. The lowest BCUT2D eigenvalue weighted by Crippen LogP contribution is -2.54. The molecule has 0 radical (unpaired) electrons. The summed E-state index contributed by atoms with van der Waals surface area (Å²) in [5, 5.41) is 4.04. The monoisotopic (exact) mass is 397 g/mol. The van der Waals surface area contributed by atoms with Gasteiger partial charge in [0, 0.05) is 19.6 Å². The maximum atomic E-state index is 12.4. The Kier molecular flexibility index (Phi) is 5.34. The predicted octanol–water partition coefficient (Wildman–Crippen LogP) is 3.11. The van der Waals surface area contributed by atoms with E-state index in [4.69, 9.17) is 9.47 Å². The van der Waals surface area contributed by atoms with Gasteiger partial charge in [0.25, 0.3) is 0 Å². The number of benzene rings is 2. The zero-order valence-electron chi connectivity index (χ0n) is 16.0. The molecule has 1 saturated heterocycles. The van der Waals surface area contributed by atoms with E-state index in [1.807, 2.05) is 36.4 Å². The van der Waals surface area contributed by atoms with Crippen molar-refractivity contribution >= 4 is 32.6 Å². The minimum atomic E-state index is 0.0254. The van der Waals surface area contributed by atoms with Gasteiger partial charge in [0.1, 0.15) is 0 Å². The zero-order chi connectivity index (χ0) is 19.5. The summed E-state index contributed by atoms with van der Waals surface area (Å²) >= 11 is 1.68. The number of rotatable bonds is 7. The molecule has 1 N–H and O–H groups in total. The quantitative estimate of drug-likeness (QED) is 0.664. The van der Waals surface area contributed by atoms with Crippen LogP contribution in [0.15, 0.2) is 42.5 Å². The number of carbonyl (C=O) groups excluding carboxylic acids is 1. The third kappa shape index (κ3) is 3.75. The van der Waals surface area contributed by atoms with E-state index in [1.165, 1.54) is 4.70 Å². The van der Waals surface area contributed by atoms with Crippen molar-refractivity contribution in [3.63, 3.8) is 0 Å². The predicted molar refractivity (Wildman–Crippen MR) is 112 cm³/mol. The number of carbonyl (C=O) groups is 1. The van der Waals surface area contributed by atoms with Crippen LogP contribution in [0.5, 0.6) is 11.5 Å². The van der Waals surface area contributed by atoms with Crippen LogP contribution in [0.4, 0.5) is 5.13 Å². The molecule has 3 aromatic rings. The summed E-state index contributed by atoms with van der Waals surface area (Å²) in [5.74, 6) is 1.55. The third-order valence-corrected chi connectivity index (χ3v) is 6.06. The second-order valence-electron chi connectivity index (χ2n) is 6.80. The smallest absolute Gasteiger partial charge is 0.226 e. The maximum Gasteiger partial charge on any atom is 0.226 e. The maximum absolute atomic E-state index is 12.4. The SMILES string of the molecule is COc1ccc(CCNC(=O)C2CN(c3nc4ccccc4s3)C2)cc1OC. The second-order valence-corrected chi connectivity index (χ2v) is 7.81. The van der Waals surface area contributed by atoms with E-state index in [2.05, 4.69) is 21.3 Å². The highest BCUT2D eigenvalue weighted by Crippen LogP contribution is 2.32. The number of hydrogen-bond donors (Lipinski definition) is 1. The highest BCUT2D eigenvalue weighted by molar-refractivity contribution is 7.22. The molecule has 0 saturated carbocycles. The van der Waals surface area contributed by atoms with Gasteiger partial charge in [0.05, 0.1) is 30.4 Å². The lowest BCUT2D eigenvalue weighted by Gasteiger charge is -2.37. The summed E-state index contributed by atoms with van der Waals surface area (Å²) in [5.41, 5.74) is 2.12. The fourth-order valence-electron chi connectivity index (χ4n) is 3.31. The van der Waals surface area contributed by atoms with Crippen LogP contribution < -0.4 is 19.7 Å². The van der Waals surface area contributed by atoms with Crippen LogP contribution in [0.3, 0.4) is 0 Å². The molecule has 1 aromatic heterocycles. The van der Waals surface area contributed by atoms with Crippen LogP contribution in [0.25, 0.3) is 10.2 Å². The highest BCUT2D eigenvalue weighted by atomic mass is 32.1. The van der Waals surface area contributed by atoms with Crippen LogP contribution in [0.2, 0.25) is 0 Å². The Labute approximate surface area is 168 Å². The van der Waals surface area contributed by atoms with Gasteiger partial charge in [-0.1, -0.05) is 29.5 Å². The summed E-state index contributed by atoms with van der Waals surface area (Å²) < 4.78 is 11.8. The molecule has 0 unspecified atom stereocenters. The highest BCUT2D eigenvalue weighted by Gasteiger charge is 2.34. The van der Waals surface area contributed by atoms with Gasteiger partial charge in [-0.05, 0) is 36.2 Å². The molecule has 7 heteroatoms. The summed E-state index contributed by atoms with van der Waals surface area (Å²) in [6.45, 7) is 2.05. The van der Waals surface area contributed by atoms with Gasteiger partial charge in [-0.2, -0.15) is 0 Å². The average molecular weight is 398 g/mol. The number of anilines is 1. The molecule has 6 nitrogen and oxygen atoms in total. The molecular formula is C21H23N3O3S. The number of amides is 1. The lowest BCUT2D eigenvalue weighted by atomic mass is 10.00. The molecule has 1 amide bonds. The van der Waals surface area contributed by atoms with E-state index in [0.29, 0.717) is 18.0 Å². The van der Waals surface area contributed by atoms with E-state index in [1.54, 1.807) is 25.6 Å². The number of aromatic nitrogens is 1. The Morgan fingerprint density at radius 2 is 1.96 bits per heavy atom. The molecule has 1 fully saturated rings. The van der Waals surface area contributed by atoms with Crippen LogP contribution in [0.1, 0.15) is 5.56 Å². The minimum absolute atomic E-state index is 0.0254. The Bertz CT molecular complexity index is 949. The fraction of sp³-hybridized carbons (Fsp3) is 0.333. The van der Waals surface area contributed by atoms with Crippen molar-refractivity contribution in [2.75, 3.05) is 38.8 Å². The Hall–Kier alpha value is -2.80. The molecule has 1 aliphatic heterocycles. The number of hydrogen-bond acceptors (Lipinski definition) is 6. The number of nitrogens with one attached hydrogen (secondary N) is 1. The number of fused-ring (bicyclic) bond motifs is 1. The van der Waals surface area contributed by atoms with Crippen molar-refractivity contribution in [2.45, 2.75) is 6.42 Å². The van der Waals surface area contributed by atoms with Crippen molar-refractivity contribution in [3.8, 4) is 11.5 Å². The molecule has 1 aliphatic rings. The molecule has 2 heterocycles. The van der Waals surface area contributed by atoms with Crippen molar-refractivity contribution in [3.05, 3.63) is 48.0 Å². The van der Waals surface area contributed by atoms with Crippen LogP contribution >= 0.6 is 11.3 Å². The topological polar surface area (TPSA) is 63.7 Å². The summed E-state index contributed by atoms with van der Waals surface area (Å²) in [6.07, 6.45) is 0.750. The van der Waals surface area contributed by atoms with Crippen LogP contribution in [-0.2, 0) is 11.2 Å². The molecule has 0 aliphatic carbocycles. The number of para-hydroxylation sites is 1. The van der Waals surface area contributed by atoms with Crippen molar-refractivity contribution in [1.29, 1.82) is 0 Å². The first-order valence-corrected chi connectivity index (χ1v) is 10.1. The Balaban J connectivity index is 1.25. The molecule has 146 valence electrons. The fourth-order valence-corrected chi connectivity index (χ4v) is 4.29. The van der Waals surface area contributed by atoms with Gasteiger partial charge >= 0.3 is 0 Å². The third-order valence-electron chi connectivity index (χ3n) is 4.97. The first-order chi connectivity index (χ1) is 13.7. The summed E-state index contributed by atoms with van der Waals surface area (Å²) in [7, 11) is 3.24. The number of methoxy groups -OCH3 is 2. The minimum Gasteiger partial charge on any atom is -0.493 e. The van der Waals surface area contributed by atoms with E-state index in [-0.39, 0.29) is 11.8 Å². The van der Waals surface area contributed by atoms with E-state index in [0.717, 1.165) is 35.7 Å². The first kappa shape index (κ1) is 18.6. The summed E-state index contributed by atoms with van der Waals surface area (Å²) in [6, 6.07) is 13.9.